The largest absolute Gasteiger partial charge is 0.416 e. The van der Waals surface area contributed by atoms with Crippen molar-refractivity contribution in [3.05, 3.63) is 83.9 Å². The fourth-order valence-electron chi connectivity index (χ4n) is 3.70. The molecule has 4 aromatic rings. The van der Waals surface area contributed by atoms with Crippen LogP contribution in [0.1, 0.15) is 15.9 Å². The molecule has 3 aromatic carbocycles. The highest BCUT2D eigenvalue weighted by Gasteiger charge is 2.13. The number of aromatic nitrogens is 2. The Hall–Kier alpha value is -3.97. The molecule has 5 rings (SSSR count). The molecule has 2 heterocycles. The zero-order valence-electron chi connectivity index (χ0n) is 18.3. The van der Waals surface area contributed by atoms with Crippen LogP contribution in [0.15, 0.2) is 77.2 Å². The van der Waals surface area contributed by atoms with Gasteiger partial charge in [0.1, 0.15) is 0 Å². The van der Waals surface area contributed by atoms with Crippen LogP contribution < -0.4 is 10.2 Å². The van der Waals surface area contributed by atoms with Gasteiger partial charge in [-0.1, -0.05) is 17.7 Å². The maximum absolute atomic E-state index is 12.7. The number of aryl methyl sites for hydroxylation is 1. The SMILES string of the molecule is Cc1ccc(-c2nnc(-c3ccc(C(=O)Nc4ccc(N5CCOCC5)cc4)cc3)o2)cc1. The minimum absolute atomic E-state index is 0.174. The number of benzene rings is 3. The van der Waals surface area contributed by atoms with Gasteiger partial charge in [-0.3, -0.25) is 4.79 Å². The van der Waals surface area contributed by atoms with Gasteiger partial charge in [0.2, 0.25) is 11.8 Å². The van der Waals surface area contributed by atoms with E-state index in [1.807, 2.05) is 67.6 Å². The van der Waals surface area contributed by atoms with Crippen molar-refractivity contribution in [2.45, 2.75) is 6.92 Å². The molecule has 0 spiro atoms. The van der Waals surface area contributed by atoms with Crippen molar-refractivity contribution in [2.24, 2.45) is 0 Å². The predicted octanol–water partition coefficient (Wildman–Crippen LogP) is 4.80. The Morgan fingerprint density at radius 3 is 2.00 bits per heavy atom. The molecule has 7 heteroatoms. The summed E-state index contributed by atoms with van der Waals surface area (Å²) in [5.41, 5.74) is 5.22. The van der Waals surface area contributed by atoms with E-state index in [0.29, 0.717) is 17.3 Å². The first-order valence-corrected chi connectivity index (χ1v) is 10.9. The molecule has 0 saturated carbocycles. The van der Waals surface area contributed by atoms with E-state index in [4.69, 9.17) is 9.15 Å². The monoisotopic (exact) mass is 440 g/mol. The van der Waals surface area contributed by atoms with E-state index in [0.717, 1.165) is 48.8 Å². The summed E-state index contributed by atoms with van der Waals surface area (Å²) in [6, 6.07) is 22.9. The first-order valence-electron chi connectivity index (χ1n) is 10.9. The number of morpholine rings is 1. The van der Waals surface area contributed by atoms with E-state index in [2.05, 4.69) is 20.4 Å². The Kier molecular flexibility index (Phi) is 5.87. The number of anilines is 2. The third-order valence-corrected chi connectivity index (χ3v) is 5.62. The molecule has 1 aliphatic rings. The summed E-state index contributed by atoms with van der Waals surface area (Å²) in [7, 11) is 0. The standard InChI is InChI=1S/C26H24N4O3/c1-18-2-4-20(5-3-18)25-28-29-26(33-25)21-8-6-19(7-9-21)24(31)27-22-10-12-23(13-11-22)30-14-16-32-17-15-30/h2-13H,14-17H2,1H3,(H,27,31). The van der Waals surface area contributed by atoms with Gasteiger partial charge in [-0.2, -0.15) is 0 Å². The molecule has 33 heavy (non-hydrogen) atoms. The van der Waals surface area contributed by atoms with Crippen molar-refractivity contribution in [3.8, 4) is 22.9 Å². The summed E-state index contributed by atoms with van der Waals surface area (Å²) in [5, 5.41) is 11.2. The summed E-state index contributed by atoms with van der Waals surface area (Å²) >= 11 is 0. The molecule has 7 nitrogen and oxygen atoms in total. The number of nitrogens with one attached hydrogen (secondary N) is 1. The van der Waals surface area contributed by atoms with Gasteiger partial charge >= 0.3 is 0 Å². The van der Waals surface area contributed by atoms with Crippen molar-refractivity contribution in [2.75, 3.05) is 36.5 Å². The van der Waals surface area contributed by atoms with Crippen LogP contribution in [0.3, 0.4) is 0 Å². The summed E-state index contributed by atoms with van der Waals surface area (Å²) in [6.45, 7) is 5.27. The highest BCUT2D eigenvalue weighted by molar-refractivity contribution is 6.04. The Balaban J connectivity index is 1.24. The zero-order chi connectivity index (χ0) is 22.6. The lowest BCUT2D eigenvalue weighted by Crippen LogP contribution is -2.36. The van der Waals surface area contributed by atoms with Gasteiger partial charge in [-0.05, 0) is 67.6 Å². The first kappa shape index (κ1) is 20.9. The molecule has 1 N–H and O–H groups in total. The van der Waals surface area contributed by atoms with E-state index in [-0.39, 0.29) is 5.91 Å². The lowest BCUT2D eigenvalue weighted by atomic mass is 10.1. The zero-order valence-corrected chi connectivity index (χ0v) is 18.3. The molecule has 1 aliphatic heterocycles. The number of carbonyl (C=O) groups is 1. The van der Waals surface area contributed by atoms with Crippen LogP contribution in [0, 0.1) is 6.92 Å². The molecule has 0 radical (unpaired) electrons. The fourth-order valence-corrected chi connectivity index (χ4v) is 3.70. The van der Waals surface area contributed by atoms with E-state index >= 15 is 0 Å². The molecule has 0 unspecified atom stereocenters. The van der Waals surface area contributed by atoms with E-state index in [1.165, 1.54) is 5.56 Å². The Morgan fingerprint density at radius 1 is 0.818 bits per heavy atom. The second-order valence-electron chi connectivity index (χ2n) is 7.96. The van der Waals surface area contributed by atoms with Crippen molar-refractivity contribution < 1.29 is 13.9 Å². The average Bonchev–Trinajstić information content (AvgIpc) is 3.36. The number of ether oxygens (including phenoxy) is 1. The topological polar surface area (TPSA) is 80.5 Å². The number of hydrogen-bond donors (Lipinski definition) is 1. The van der Waals surface area contributed by atoms with Gasteiger partial charge in [0.05, 0.1) is 13.2 Å². The lowest BCUT2D eigenvalue weighted by molar-refractivity contribution is 0.102. The van der Waals surface area contributed by atoms with Crippen molar-refractivity contribution in [1.29, 1.82) is 0 Å². The molecule has 0 bridgehead atoms. The molecule has 1 aromatic heterocycles. The minimum atomic E-state index is -0.174. The van der Waals surface area contributed by atoms with Crippen molar-refractivity contribution >= 4 is 17.3 Å². The van der Waals surface area contributed by atoms with Crippen LogP contribution in [0.25, 0.3) is 22.9 Å². The highest BCUT2D eigenvalue weighted by atomic mass is 16.5. The highest BCUT2D eigenvalue weighted by Crippen LogP contribution is 2.25. The number of nitrogens with zero attached hydrogens (tertiary/aromatic N) is 3. The summed E-state index contributed by atoms with van der Waals surface area (Å²) < 4.78 is 11.2. The van der Waals surface area contributed by atoms with Gasteiger partial charge in [0, 0.05) is 41.2 Å². The lowest BCUT2D eigenvalue weighted by Gasteiger charge is -2.28. The van der Waals surface area contributed by atoms with Crippen molar-refractivity contribution in [3.63, 3.8) is 0 Å². The quantitative estimate of drug-likeness (QED) is 0.480. The van der Waals surface area contributed by atoms with Crippen molar-refractivity contribution in [1.82, 2.24) is 10.2 Å². The number of rotatable bonds is 5. The van der Waals surface area contributed by atoms with Crippen LogP contribution in [-0.4, -0.2) is 42.4 Å². The summed E-state index contributed by atoms with van der Waals surface area (Å²) in [4.78, 5) is 14.9. The number of hydrogen-bond acceptors (Lipinski definition) is 6. The fraction of sp³-hybridized carbons (Fsp3) is 0.192. The number of amides is 1. The van der Waals surface area contributed by atoms with Gasteiger partial charge in [-0.25, -0.2) is 0 Å². The van der Waals surface area contributed by atoms with E-state index in [9.17, 15) is 4.79 Å². The van der Waals surface area contributed by atoms with E-state index < -0.39 is 0 Å². The smallest absolute Gasteiger partial charge is 0.255 e. The molecule has 0 atom stereocenters. The minimum Gasteiger partial charge on any atom is -0.416 e. The van der Waals surface area contributed by atoms with Gasteiger partial charge in [-0.15, -0.1) is 10.2 Å². The Labute approximate surface area is 192 Å². The first-order chi connectivity index (χ1) is 16.2. The van der Waals surface area contributed by atoms with Crippen LogP contribution in [0.4, 0.5) is 11.4 Å². The van der Waals surface area contributed by atoms with Crippen LogP contribution in [0.2, 0.25) is 0 Å². The van der Waals surface area contributed by atoms with Gasteiger partial charge in [0.15, 0.2) is 0 Å². The molecule has 1 fully saturated rings. The summed E-state index contributed by atoms with van der Waals surface area (Å²) in [6.07, 6.45) is 0. The predicted molar refractivity (Wildman–Crippen MR) is 127 cm³/mol. The van der Waals surface area contributed by atoms with Crippen LogP contribution in [-0.2, 0) is 4.74 Å². The van der Waals surface area contributed by atoms with Gasteiger partial charge in [0.25, 0.3) is 5.91 Å². The molecule has 1 saturated heterocycles. The molecule has 0 aliphatic carbocycles. The maximum Gasteiger partial charge on any atom is 0.255 e. The van der Waals surface area contributed by atoms with Gasteiger partial charge < -0.3 is 19.4 Å². The third kappa shape index (κ3) is 4.78. The number of carbonyl (C=O) groups excluding carboxylic acids is 1. The summed E-state index contributed by atoms with van der Waals surface area (Å²) in [5.74, 6) is 0.704. The normalized spacial score (nSPS) is 13.7. The van der Waals surface area contributed by atoms with E-state index in [1.54, 1.807) is 12.1 Å². The molecular formula is C26H24N4O3. The third-order valence-electron chi connectivity index (χ3n) is 5.62. The molecule has 1 amide bonds. The maximum atomic E-state index is 12.7. The second kappa shape index (κ2) is 9.26. The second-order valence-corrected chi connectivity index (χ2v) is 7.96. The Morgan fingerprint density at radius 2 is 1.39 bits per heavy atom. The molecular weight excluding hydrogens is 416 g/mol. The Bertz CT molecular complexity index is 1230. The molecule has 166 valence electrons. The average molecular weight is 441 g/mol. The van der Waals surface area contributed by atoms with Crippen LogP contribution >= 0.6 is 0 Å². The van der Waals surface area contributed by atoms with Crippen LogP contribution in [0.5, 0.6) is 0 Å².